The predicted molar refractivity (Wildman–Crippen MR) is 116 cm³/mol. The first-order valence-electron chi connectivity index (χ1n) is 9.98. The molecular formula is C25H23NO5. The summed E-state index contributed by atoms with van der Waals surface area (Å²) in [7, 11) is 3.07. The molecule has 3 aromatic rings. The predicted octanol–water partition coefficient (Wildman–Crippen LogP) is 4.12. The Morgan fingerprint density at radius 3 is 2.48 bits per heavy atom. The van der Waals surface area contributed by atoms with Gasteiger partial charge in [0, 0.05) is 17.7 Å². The minimum Gasteiger partial charge on any atom is -0.497 e. The molecule has 1 aliphatic heterocycles. The van der Waals surface area contributed by atoms with Crippen molar-refractivity contribution in [1.82, 2.24) is 4.90 Å². The van der Waals surface area contributed by atoms with Gasteiger partial charge in [0.15, 0.2) is 11.5 Å². The van der Waals surface area contributed by atoms with Crippen LogP contribution in [0.15, 0.2) is 66.7 Å². The molecule has 1 aliphatic rings. The second-order valence-electron chi connectivity index (χ2n) is 7.18. The van der Waals surface area contributed by atoms with Gasteiger partial charge in [0.2, 0.25) is 0 Å². The van der Waals surface area contributed by atoms with E-state index in [0.29, 0.717) is 47.9 Å². The van der Waals surface area contributed by atoms with Crippen molar-refractivity contribution >= 4 is 11.8 Å². The molecule has 3 aromatic carbocycles. The first kappa shape index (κ1) is 20.5. The summed E-state index contributed by atoms with van der Waals surface area (Å²) >= 11 is 0. The van der Waals surface area contributed by atoms with Crippen LogP contribution < -0.4 is 14.2 Å². The second-order valence-corrected chi connectivity index (χ2v) is 7.18. The smallest absolute Gasteiger partial charge is 0.261 e. The van der Waals surface area contributed by atoms with Crippen molar-refractivity contribution in [3.8, 4) is 17.2 Å². The van der Waals surface area contributed by atoms with Crippen molar-refractivity contribution in [2.45, 2.75) is 13.0 Å². The van der Waals surface area contributed by atoms with E-state index in [4.69, 9.17) is 14.2 Å². The minimum absolute atomic E-state index is 0.298. The maximum atomic E-state index is 13.1. The van der Waals surface area contributed by atoms with Crippen LogP contribution in [0, 0.1) is 0 Å². The largest absolute Gasteiger partial charge is 0.497 e. The van der Waals surface area contributed by atoms with Crippen LogP contribution in [0.25, 0.3) is 0 Å². The maximum Gasteiger partial charge on any atom is 0.261 e. The van der Waals surface area contributed by atoms with Gasteiger partial charge in [-0.1, -0.05) is 36.4 Å². The number of benzene rings is 3. The summed E-state index contributed by atoms with van der Waals surface area (Å²) in [6.45, 7) is 0.691. The highest BCUT2D eigenvalue weighted by atomic mass is 16.5. The average molecular weight is 417 g/mol. The number of amides is 2. The number of ether oxygens (including phenoxy) is 3. The Morgan fingerprint density at radius 1 is 0.935 bits per heavy atom. The number of fused-ring (bicyclic) bond motifs is 1. The summed E-state index contributed by atoms with van der Waals surface area (Å²) in [5.41, 5.74) is 2.73. The van der Waals surface area contributed by atoms with E-state index in [-0.39, 0.29) is 11.8 Å². The van der Waals surface area contributed by atoms with Crippen molar-refractivity contribution in [3.05, 3.63) is 89.0 Å². The summed E-state index contributed by atoms with van der Waals surface area (Å²) in [5.74, 6) is 0.904. The van der Waals surface area contributed by atoms with E-state index in [9.17, 15) is 9.59 Å². The monoisotopic (exact) mass is 417 g/mol. The quantitative estimate of drug-likeness (QED) is 0.565. The minimum atomic E-state index is -0.349. The van der Waals surface area contributed by atoms with Gasteiger partial charge < -0.3 is 14.2 Å². The number of rotatable bonds is 6. The van der Waals surface area contributed by atoms with Crippen LogP contribution in [0.3, 0.4) is 0 Å². The molecule has 0 saturated carbocycles. The third-order valence-electron chi connectivity index (χ3n) is 5.27. The first-order chi connectivity index (χ1) is 15.1. The highest BCUT2D eigenvalue weighted by Gasteiger charge is 2.31. The van der Waals surface area contributed by atoms with Crippen LogP contribution in [-0.4, -0.2) is 37.5 Å². The van der Waals surface area contributed by atoms with Crippen molar-refractivity contribution < 1.29 is 23.8 Å². The molecule has 0 N–H and O–H groups in total. The lowest BCUT2D eigenvalue weighted by atomic mass is 9.97. The molecule has 0 radical (unpaired) electrons. The third kappa shape index (κ3) is 4.23. The van der Waals surface area contributed by atoms with Gasteiger partial charge in [0.25, 0.3) is 11.8 Å². The second kappa shape index (κ2) is 8.92. The Bertz CT molecular complexity index is 1110. The summed E-state index contributed by atoms with van der Waals surface area (Å²) < 4.78 is 16.6. The van der Waals surface area contributed by atoms with E-state index < -0.39 is 0 Å². The van der Waals surface area contributed by atoms with Gasteiger partial charge in [0.1, 0.15) is 12.4 Å². The Morgan fingerprint density at radius 2 is 1.74 bits per heavy atom. The summed E-state index contributed by atoms with van der Waals surface area (Å²) in [6.07, 6.45) is 0.544. The topological polar surface area (TPSA) is 65.1 Å². The van der Waals surface area contributed by atoms with Crippen LogP contribution >= 0.6 is 0 Å². The van der Waals surface area contributed by atoms with Crippen molar-refractivity contribution in [3.63, 3.8) is 0 Å². The number of carbonyl (C=O) groups excluding carboxylic acids is 2. The zero-order valence-electron chi connectivity index (χ0n) is 17.5. The number of nitrogens with zero attached hydrogens (tertiary/aromatic N) is 1. The molecule has 0 aromatic heterocycles. The fraction of sp³-hybridized carbons (Fsp3) is 0.200. The van der Waals surface area contributed by atoms with Gasteiger partial charge in [-0.15, -0.1) is 0 Å². The number of carbonyl (C=O) groups is 2. The zero-order valence-corrected chi connectivity index (χ0v) is 17.5. The molecule has 0 atom stereocenters. The van der Waals surface area contributed by atoms with E-state index in [0.717, 1.165) is 11.1 Å². The standard InChI is InChI=1S/C25H23NO5/c1-29-20-10-6-9-19(13-20)24(27)26-12-11-18-14-23(22(30-2)15-21(18)25(26)28)31-16-17-7-4-3-5-8-17/h3-10,13-15H,11-12,16H2,1-2H3. The number of hydrogen-bond donors (Lipinski definition) is 0. The number of imide groups is 1. The molecule has 6 nitrogen and oxygen atoms in total. The molecule has 1 heterocycles. The normalized spacial score (nSPS) is 12.8. The number of methoxy groups -OCH3 is 2. The number of hydrogen-bond acceptors (Lipinski definition) is 5. The Kier molecular flexibility index (Phi) is 5.89. The van der Waals surface area contributed by atoms with E-state index in [1.165, 1.54) is 19.1 Å². The molecule has 0 unspecified atom stereocenters. The van der Waals surface area contributed by atoms with Crippen LogP contribution in [0.4, 0.5) is 0 Å². The van der Waals surface area contributed by atoms with Crippen LogP contribution in [0.1, 0.15) is 31.8 Å². The molecule has 0 spiro atoms. The van der Waals surface area contributed by atoms with Crippen LogP contribution in [0.2, 0.25) is 0 Å². The van der Waals surface area contributed by atoms with E-state index in [1.54, 1.807) is 30.3 Å². The van der Waals surface area contributed by atoms with Gasteiger partial charge in [-0.05, 0) is 47.9 Å². The molecule has 31 heavy (non-hydrogen) atoms. The lowest BCUT2D eigenvalue weighted by Gasteiger charge is -2.28. The molecular weight excluding hydrogens is 394 g/mol. The summed E-state index contributed by atoms with van der Waals surface area (Å²) in [4.78, 5) is 27.3. The van der Waals surface area contributed by atoms with E-state index in [2.05, 4.69) is 0 Å². The fourth-order valence-corrected chi connectivity index (χ4v) is 3.60. The highest BCUT2D eigenvalue weighted by molar-refractivity contribution is 6.11. The Balaban J connectivity index is 1.57. The fourth-order valence-electron chi connectivity index (χ4n) is 3.60. The summed E-state index contributed by atoms with van der Waals surface area (Å²) in [6, 6.07) is 20.1. The molecule has 2 amide bonds. The van der Waals surface area contributed by atoms with Gasteiger partial charge in [-0.25, -0.2) is 0 Å². The van der Waals surface area contributed by atoms with Crippen molar-refractivity contribution in [1.29, 1.82) is 0 Å². The maximum absolute atomic E-state index is 13.1. The Hall–Kier alpha value is -3.80. The van der Waals surface area contributed by atoms with E-state index in [1.807, 2.05) is 36.4 Å². The third-order valence-corrected chi connectivity index (χ3v) is 5.27. The molecule has 0 fully saturated rings. The zero-order chi connectivity index (χ0) is 21.8. The summed E-state index contributed by atoms with van der Waals surface area (Å²) in [5, 5.41) is 0. The van der Waals surface area contributed by atoms with Crippen molar-refractivity contribution in [2.24, 2.45) is 0 Å². The lowest BCUT2D eigenvalue weighted by Crippen LogP contribution is -2.42. The van der Waals surface area contributed by atoms with Gasteiger partial charge in [-0.3, -0.25) is 14.5 Å². The molecule has 0 aliphatic carbocycles. The van der Waals surface area contributed by atoms with Crippen LogP contribution in [-0.2, 0) is 13.0 Å². The molecule has 4 rings (SSSR count). The van der Waals surface area contributed by atoms with Gasteiger partial charge >= 0.3 is 0 Å². The SMILES string of the molecule is COc1cccc(C(=O)N2CCc3cc(OCc4ccccc4)c(OC)cc3C2=O)c1. The van der Waals surface area contributed by atoms with E-state index >= 15 is 0 Å². The molecule has 0 saturated heterocycles. The van der Waals surface area contributed by atoms with Crippen LogP contribution in [0.5, 0.6) is 17.2 Å². The highest BCUT2D eigenvalue weighted by Crippen LogP contribution is 2.34. The average Bonchev–Trinajstić information content (AvgIpc) is 2.82. The first-order valence-corrected chi connectivity index (χ1v) is 9.98. The molecule has 6 heteroatoms. The Labute approximate surface area is 181 Å². The van der Waals surface area contributed by atoms with Gasteiger partial charge in [0.05, 0.1) is 14.2 Å². The van der Waals surface area contributed by atoms with Crippen molar-refractivity contribution in [2.75, 3.05) is 20.8 Å². The lowest BCUT2D eigenvalue weighted by molar-refractivity contribution is 0.0604. The molecule has 0 bridgehead atoms. The molecule has 158 valence electrons. The van der Waals surface area contributed by atoms with Gasteiger partial charge in [-0.2, -0.15) is 0 Å².